The van der Waals surface area contributed by atoms with E-state index in [2.05, 4.69) is 18.4 Å². The van der Waals surface area contributed by atoms with Crippen molar-refractivity contribution in [3.63, 3.8) is 0 Å². The van der Waals surface area contributed by atoms with Gasteiger partial charge in [0.05, 0.1) is 12.5 Å². The average Bonchev–Trinajstić information content (AvgIpc) is 2.13. The fourth-order valence-electron chi connectivity index (χ4n) is 1.07. The first-order chi connectivity index (χ1) is 5.00. The van der Waals surface area contributed by atoms with Gasteiger partial charge < -0.3 is 4.74 Å². The second-order valence-electron chi connectivity index (χ2n) is 3.21. The summed E-state index contributed by atoms with van der Waals surface area (Å²) in [5, 5.41) is 0. The predicted octanol–water partition coefficient (Wildman–Crippen LogP) is 1.94. The van der Waals surface area contributed by atoms with Gasteiger partial charge in [-0.25, -0.2) is 0 Å². The number of rotatable bonds is 0. The van der Waals surface area contributed by atoms with Gasteiger partial charge in [-0.3, -0.25) is 0 Å². The summed E-state index contributed by atoms with van der Waals surface area (Å²) in [6.45, 7) is 6.06. The van der Waals surface area contributed by atoms with E-state index in [1.807, 2.05) is 14.0 Å². The quantitative estimate of drug-likeness (QED) is 0.512. The lowest BCUT2D eigenvalue weighted by Gasteiger charge is -2.11. The highest BCUT2D eigenvalue weighted by Crippen LogP contribution is 2.27. The highest BCUT2D eigenvalue weighted by atomic mass is 35.5. The summed E-state index contributed by atoms with van der Waals surface area (Å²) in [5.41, 5.74) is 1.39. The van der Waals surface area contributed by atoms with Crippen molar-refractivity contribution < 1.29 is 9.31 Å². The Morgan fingerprint density at radius 3 is 2.27 bits per heavy atom. The zero-order valence-corrected chi connectivity index (χ0v) is 8.07. The fraction of sp³-hybridized carbons (Fsp3) is 0.625. The van der Waals surface area contributed by atoms with Crippen LogP contribution in [-0.2, 0) is 4.74 Å². The first kappa shape index (κ1) is 8.60. The standard InChI is InChI=1S/C8H13ClNO/c1-6-10(4)8(2,3)7(5-9)11-6/h5H,1-4H3/q+1/b7-5-. The normalized spacial score (nSPS) is 26.1. The molecular formula is C8H13ClNO+. The molecule has 11 heavy (non-hydrogen) atoms. The lowest BCUT2D eigenvalue weighted by Crippen LogP contribution is -2.31. The average molecular weight is 175 g/mol. The van der Waals surface area contributed by atoms with E-state index in [-0.39, 0.29) is 5.54 Å². The molecule has 0 radical (unpaired) electrons. The van der Waals surface area contributed by atoms with Crippen molar-refractivity contribution in [3.05, 3.63) is 11.3 Å². The first-order valence-corrected chi connectivity index (χ1v) is 4.00. The van der Waals surface area contributed by atoms with Crippen molar-refractivity contribution >= 4 is 17.5 Å². The lowest BCUT2D eigenvalue weighted by atomic mass is 10.0. The SMILES string of the molecule is CC1=[N+](C)C(C)(C)/C(=C/Cl)O1. The van der Waals surface area contributed by atoms with Gasteiger partial charge in [0.25, 0.3) is 0 Å². The number of ether oxygens (including phenoxy) is 1. The van der Waals surface area contributed by atoms with Gasteiger partial charge in [0.1, 0.15) is 7.05 Å². The largest absolute Gasteiger partial charge is 0.405 e. The molecule has 1 heterocycles. The molecule has 0 amide bonds. The predicted molar refractivity (Wildman–Crippen MR) is 46.0 cm³/mol. The minimum absolute atomic E-state index is 0.105. The number of hydrogen-bond acceptors (Lipinski definition) is 1. The van der Waals surface area contributed by atoms with E-state index in [1.54, 1.807) is 0 Å². The second-order valence-corrected chi connectivity index (χ2v) is 3.43. The molecule has 0 atom stereocenters. The maximum atomic E-state index is 5.60. The number of halogens is 1. The minimum Gasteiger partial charge on any atom is -0.405 e. The van der Waals surface area contributed by atoms with Crippen LogP contribution in [0, 0.1) is 0 Å². The molecule has 0 aromatic rings. The highest BCUT2D eigenvalue weighted by Gasteiger charge is 2.43. The Labute approximate surface area is 72.1 Å². The summed E-state index contributed by atoms with van der Waals surface area (Å²) < 4.78 is 7.47. The Balaban J connectivity index is 3.08. The van der Waals surface area contributed by atoms with E-state index in [1.165, 1.54) is 5.54 Å². The van der Waals surface area contributed by atoms with Crippen molar-refractivity contribution in [2.75, 3.05) is 7.05 Å². The van der Waals surface area contributed by atoms with Crippen molar-refractivity contribution in [2.45, 2.75) is 26.3 Å². The molecule has 0 aliphatic carbocycles. The van der Waals surface area contributed by atoms with Crippen LogP contribution in [0.25, 0.3) is 0 Å². The Bertz CT molecular complexity index is 240. The first-order valence-electron chi connectivity index (χ1n) is 3.56. The molecule has 0 aromatic heterocycles. The molecule has 62 valence electrons. The fourth-order valence-corrected chi connectivity index (χ4v) is 1.38. The van der Waals surface area contributed by atoms with Crippen LogP contribution < -0.4 is 0 Å². The third-order valence-electron chi connectivity index (χ3n) is 2.27. The Morgan fingerprint density at radius 2 is 2.09 bits per heavy atom. The molecule has 0 N–H and O–H groups in total. The maximum absolute atomic E-state index is 5.60. The van der Waals surface area contributed by atoms with Crippen LogP contribution in [0.15, 0.2) is 11.3 Å². The Kier molecular flexibility index (Phi) is 1.97. The summed E-state index contributed by atoms with van der Waals surface area (Å²) in [5.74, 6) is 1.70. The van der Waals surface area contributed by atoms with E-state index in [0.29, 0.717) is 0 Å². The molecule has 0 spiro atoms. The summed E-state index contributed by atoms with van der Waals surface area (Å²) in [7, 11) is 1.99. The van der Waals surface area contributed by atoms with Gasteiger partial charge in [0, 0.05) is 13.8 Å². The van der Waals surface area contributed by atoms with Crippen LogP contribution in [0.5, 0.6) is 0 Å². The van der Waals surface area contributed by atoms with Crippen molar-refractivity contribution in [2.24, 2.45) is 0 Å². The van der Waals surface area contributed by atoms with Gasteiger partial charge >= 0.3 is 5.90 Å². The van der Waals surface area contributed by atoms with Gasteiger partial charge in [-0.1, -0.05) is 11.6 Å². The zero-order chi connectivity index (χ0) is 8.65. The smallest absolute Gasteiger partial charge is 0.339 e. The number of hydrogen-bond donors (Lipinski definition) is 0. The molecule has 0 saturated heterocycles. The van der Waals surface area contributed by atoms with E-state index < -0.39 is 0 Å². The molecular weight excluding hydrogens is 162 g/mol. The minimum atomic E-state index is -0.105. The van der Waals surface area contributed by atoms with Gasteiger partial charge in [-0.2, -0.15) is 4.58 Å². The topological polar surface area (TPSA) is 12.2 Å². The van der Waals surface area contributed by atoms with E-state index >= 15 is 0 Å². The van der Waals surface area contributed by atoms with Gasteiger partial charge in [-0.05, 0) is 0 Å². The van der Waals surface area contributed by atoms with Crippen LogP contribution in [-0.4, -0.2) is 23.1 Å². The molecule has 0 bridgehead atoms. The van der Waals surface area contributed by atoms with Gasteiger partial charge in [0.15, 0.2) is 5.76 Å². The summed E-state index contributed by atoms with van der Waals surface area (Å²) in [4.78, 5) is 0. The third-order valence-corrected chi connectivity index (χ3v) is 2.47. The Hall–Kier alpha value is -0.500. The molecule has 0 saturated carbocycles. The molecule has 1 aliphatic heterocycles. The second kappa shape index (κ2) is 2.52. The molecule has 1 rings (SSSR count). The zero-order valence-electron chi connectivity index (χ0n) is 7.31. The van der Waals surface area contributed by atoms with E-state index in [0.717, 1.165) is 11.7 Å². The van der Waals surface area contributed by atoms with E-state index in [4.69, 9.17) is 16.3 Å². The lowest BCUT2D eigenvalue weighted by molar-refractivity contribution is -0.557. The van der Waals surface area contributed by atoms with Crippen molar-refractivity contribution in [3.8, 4) is 0 Å². The van der Waals surface area contributed by atoms with Crippen molar-refractivity contribution in [1.29, 1.82) is 0 Å². The molecule has 2 nitrogen and oxygen atoms in total. The van der Waals surface area contributed by atoms with Crippen LogP contribution >= 0.6 is 11.6 Å². The van der Waals surface area contributed by atoms with Crippen LogP contribution in [0.3, 0.4) is 0 Å². The molecule has 1 aliphatic rings. The third kappa shape index (κ3) is 1.16. The monoisotopic (exact) mass is 174 g/mol. The molecule has 0 aromatic carbocycles. The highest BCUT2D eigenvalue weighted by molar-refractivity contribution is 6.25. The van der Waals surface area contributed by atoms with Gasteiger partial charge in [0.2, 0.25) is 5.54 Å². The van der Waals surface area contributed by atoms with E-state index in [9.17, 15) is 0 Å². The van der Waals surface area contributed by atoms with Gasteiger partial charge in [-0.15, -0.1) is 0 Å². The molecule has 0 fully saturated rings. The van der Waals surface area contributed by atoms with Crippen LogP contribution in [0.1, 0.15) is 20.8 Å². The molecule has 3 heteroatoms. The van der Waals surface area contributed by atoms with Crippen LogP contribution in [0.4, 0.5) is 0 Å². The maximum Gasteiger partial charge on any atom is 0.339 e. The summed E-state index contributed by atoms with van der Waals surface area (Å²) in [6, 6.07) is 0. The Morgan fingerprint density at radius 1 is 1.55 bits per heavy atom. The molecule has 0 unspecified atom stereocenters. The van der Waals surface area contributed by atoms with Crippen LogP contribution in [0.2, 0.25) is 0 Å². The summed E-state index contributed by atoms with van der Waals surface area (Å²) in [6.07, 6.45) is 0. The number of likely N-dealkylation sites (N-methyl/N-ethyl adjacent to an activating group) is 1. The summed E-state index contributed by atoms with van der Waals surface area (Å²) >= 11 is 5.60. The number of nitrogens with zero attached hydrogens (tertiary/aromatic N) is 1. The van der Waals surface area contributed by atoms with Crippen molar-refractivity contribution in [1.82, 2.24) is 0 Å².